The lowest BCUT2D eigenvalue weighted by molar-refractivity contribution is 0.104. The molecular weight excluding hydrogens is 340 g/mol. The Morgan fingerprint density at radius 1 is 1.00 bits per heavy atom. The van der Waals surface area contributed by atoms with E-state index in [-0.39, 0.29) is 11.3 Å². The molecule has 0 spiro atoms. The molecular formula is C22H22N2O3. The molecule has 0 saturated heterocycles. The van der Waals surface area contributed by atoms with Crippen LogP contribution >= 0.6 is 0 Å². The first-order valence-corrected chi connectivity index (χ1v) is 9.06. The summed E-state index contributed by atoms with van der Waals surface area (Å²) in [5.41, 5.74) is 2.99. The van der Waals surface area contributed by atoms with Crippen LogP contribution in [0.5, 0.6) is 5.75 Å². The smallest absolute Gasteiger partial charge is 0.259 e. The topological polar surface area (TPSA) is 51.5 Å². The predicted octanol–water partition coefficient (Wildman–Crippen LogP) is 3.17. The first-order chi connectivity index (χ1) is 13.0. The summed E-state index contributed by atoms with van der Waals surface area (Å²) in [6.07, 6.45) is 0.860. The highest BCUT2D eigenvalue weighted by molar-refractivity contribution is 6.27. The van der Waals surface area contributed by atoms with Crippen LogP contribution in [0.15, 0.2) is 47.3 Å². The number of carbonyl (C=O) groups excluding carboxylic acids is 1. The third-order valence-electron chi connectivity index (χ3n) is 5.13. The fourth-order valence-electron chi connectivity index (χ4n) is 3.85. The molecule has 3 aromatic rings. The average Bonchev–Trinajstić information content (AvgIpc) is 2.96. The van der Waals surface area contributed by atoms with Gasteiger partial charge < -0.3 is 14.2 Å². The van der Waals surface area contributed by atoms with Gasteiger partial charge in [0.1, 0.15) is 5.75 Å². The highest BCUT2D eigenvalue weighted by Gasteiger charge is 2.32. The van der Waals surface area contributed by atoms with Crippen molar-refractivity contribution in [2.75, 3.05) is 27.7 Å². The summed E-state index contributed by atoms with van der Waals surface area (Å²) < 4.78 is 7.07. The van der Waals surface area contributed by atoms with E-state index in [4.69, 9.17) is 4.74 Å². The van der Waals surface area contributed by atoms with E-state index in [0.717, 1.165) is 23.9 Å². The SMILES string of the molecule is COc1ccc2c(c1)C(=O)c1c-2c(=O)n(CCCN(C)C)c2ccccc12. The molecule has 0 radical (unpaired) electrons. The van der Waals surface area contributed by atoms with E-state index in [0.29, 0.717) is 34.5 Å². The fraction of sp³-hybridized carbons (Fsp3) is 0.273. The van der Waals surface area contributed by atoms with Crippen molar-refractivity contribution in [3.05, 3.63) is 63.9 Å². The quantitative estimate of drug-likeness (QED) is 0.547. The van der Waals surface area contributed by atoms with Gasteiger partial charge in [-0.25, -0.2) is 0 Å². The standard InChI is InChI=1S/C22H22N2O3/c1-23(2)11-6-12-24-18-8-5-4-7-16(18)19-20(22(24)26)15-10-9-14(27-3)13-17(15)21(19)25/h4-5,7-10,13H,6,11-12H2,1-3H3. The zero-order valence-corrected chi connectivity index (χ0v) is 15.8. The maximum atomic E-state index is 13.4. The van der Waals surface area contributed by atoms with E-state index in [9.17, 15) is 9.59 Å². The number of carbonyl (C=O) groups is 1. The van der Waals surface area contributed by atoms with E-state index in [1.807, 2.05) is 49.0 Å². The van der Waals surface area contributed by atoms with Gasteiger partial charge in [0.05, 0.1) is 18.2 Å². The number of hydrogen-bond donors (Lipinski definition) is 0. The van der Waals surface area contributed by atoms with Crippen molar-refractivity contribution in [3.8, 4) is 16.9 Å². The number of hydrogen-bond acceptors (Lipinski definition) is 4. The molecule has 0 fully saturated rings. The number of aromatic nitrogens is 1. The summed E-state index contributed by atoms with van der Waals surface area (Å²) in [6.45, 7) is 1.51. The zero-order valence-electron chi connectivity index (χ0n) is 15.8. The van der Waals surface area contributed by atoms with Gasteiger partial charge in [-0.15, -0.1) is 0 Å². The molecule has 1 aliphatic carbocycles. The number of ether oxygens (including phenoxy) is 1. The van der Waals surface area contributed by atoms with E-state index >= 15 is 0 Å². The lowest BCUT2D eigenvalue weighted by Gasteiger charge is -2.15. The maximum absolute atomic E-state index is 13.4. The molecule has 0 unspecified atom stereocenters. The number of ketones is 1. The molecule has 5 nitrogen and oxygen atoms in total. The normalized spacial score (nSPS) is 12.5. The Bertz CT molecular complexity index is 1110. The van der Waals surface area contributed by atoms with Gasteiger partial charge in [0.2, 0.25) is 0 Å². The van der Waals surface area contributed by atoms with E-state index in [2.05, 4.69) is 4.90 Å². The molecule has 4 rings (SSSR count). The molecule has 0 bridgehead atoms. The lowest BCUT2D eigenvalue weighted by Crippen LogP contribution is -2.25. The minimum Gasteiger partial charge on any atom is -0.497 e. The van der Waals surface area contributed by atoms with Crippen LogP contribution in [-0.2, 0) is 6.54 Å². The Labute approximate surface area is 157 Å². The summed E-state index contributed by atoms with van der Waals surface area (Å²) in [5, 5.41) is 0.831. The van der Waals surface area contributed by atoms with Gasteiger partial charge in [0, 0.05) is 23.1 Å². The molecule has 0 aliphatic heterocycles. The first-order valence-electron chi connectivity index (χ1n) is 9.06. The average molecular weight is 362 g/mol. The largest absolute Gasteiger partial charge is 0.497 e. The lowest BCUT2D eigenvalue weighted by atomic mass is 10.0. The zero-order chi connectivity index (χ0) is 19.1. The Balaban J connectivity index is 1.97. The number of nitrogens with zero attached hydrogens (tertiary/aromatic N) is 2. The summed E-state index contributed by atoms with van der Waals surface area (Å²) in [5.74, 6) is 0.512. The molecule has 0 atom stereocenters. The second-order valence-corrected chi connectivity index (χ2v) is 7.12. The van der Waals surface area contributed by atoms with E-state index in [1.165, 1.54) is 0 Å². The molecule has 1 aliphatic rings. The van der Waals surface area contributed by atoms with Crippen molar-refractivity contribution >= 4 is 16.7 Å². The van der Waals surface area contributed by atoms with Crippen LogP contribution in [0, 0.1) is 0 Å². The third-order valence-corrected chi connectivity index (χ3v) is 5.13. The summed E-state index contributed by atoms with van der Waals surface area (Å²) in [6, 6.07) is 13.0. The van der Waals surface area contributed by atoms with Gasteiger partial charge >= 0.3 is 0 Å². The van der Waals surface area contributed by atoms with Gasteiger partial charge in [0.15, 0.2) is 5.78 Å². The van der Waals surface area contributed by atoms with Gasteiger partial charge in [0.25, 0.3) is 5.56 Å². The van der Waals surface area contributed by atoms with E-state index in [1.54, 1.807) is 19.2 Å². The van der Waals surface area contributed by atoms with Gasteiger partial charge in [-0.3, -0.25) is 9.59 Å². The van der Waals surface area contributed by atoms with Crippen LogP contribution in [0.2, 0.25) is 0 Å². The van der Waals surface area contributed by atoms with Crippen LogP contribution in [0.4, 0.5) is 0 Å². The molecule has 0 amide bonds. The number of pyridine rings is 1. The summed E-state index contributed by atoms with van der Waals surface area (Å²) in [4.78, 5) is 28.6. The van der Waals surface area contributed by atoms with Gasteiger partial charge in [-0.1, -0.05) is 18.2 Å². The molecule has 1 heterocycles. The van der Waals surface area contributed by atoms with Crippen molar-refractivity contribution in [2.45, 2.75) is 13.0 Å². The summed E-state index contributed by atoms with van der Waals surface area (Å²) >= 11 is 0. The molecule has 0 saturated carbocycles. The molecule has 138 valence electrons. The second-order valence-electron chi connectivity index (χ2n) is 7.12. The Morgan fingerprint density at radius 2 is 1.78 bits per heavy atom. The number of methoxy groups -OCH3 is 1. The Kier molecular flexibility index (Phi) is 4.32. The maximum Gasteiger partial charge on any atom is 0.259 e. The van der Waals surface area contributed by atoms with E-state index < -0.39 is 0 Å². The van der Waals surface area contributed by atoms with Crippen molar-refractivity contribution < 1.29 is 9.53 Å². The molecule has 5 heteroatoms. The monoisotopic (exact) mass is 362 g/mol. The van der Waals surface area contributed by atoms with Crippen LogP contribution in [0.3, 0.4) is 0 Å². The van der Waals surface area contributed by atoms with Crippen LogP contribution < -0.4 is 10.3 Å². The highest BCUT2D eigenvalue weighted by atomic mass is 16.5. The van der Waals surface area contributed by atoms with Crippen molar-refractivity contribution in [3.63, 3.8) is 0 Å². The molecule has 2 aromatic carbocycles. The van der Waals surface area contributed by atoms with Crippen molar-refractivity contribution in [2.24, 2.45) is 0 Å². The minimum atomic E-state index is -0.104. The molecule has 0 N–H and O–H groups in total. The second kappa shape index (κ2) is 6.67. The fourth-order valence-corrected chi connectivity index (χ4v) is 3.85. The third kappa shape index (κ3) is 2.75. The van der Waals surface area contributed by atoms with Gasteiger partial charge in [-0.2, -0.15) is 0 Å². The van der Waals surface area contributed by atoms with Crippen molar-refractivity contribution in [1.29, 1.82) is 0 Å². The molecule has 27 heavy (non-hydrogen) atoms. The number of fused-ring (bicyclic) bond motifs is 5. The summed E-state index contributed by atoms with van der Waals surface area (Å²) in [7, 11) is 5.61. The van der Waals surface area contributed by atoms with Crippen molar-refractivity contribution in [1.82, 2.24) is 9.47 Å². The predicted molar refractivity (Wildman–Crippen MR) is 107 cm³/mol. The number of aryl methyl sites for hydroxylation is 1. The highest BCUT2D eigenvalue weighted by Crippen LogP contribution is 2.39. The first kappa shape index (κ1) is 17.5. The molecule has 1 aromatic heterocycles. The van der Waals surface area contributed by atoms with Crippen LogP contribution in [0.25, 0.3) is 22.0 Å². The number of benzene rings is 2. The number of para-hydroxylation sites is 1. The number of rotatable bonds is 5. The van der Waals surface area contributed by atoms with Gasteiger partial charge in [-0.05, 0) is 56.9 Å². The Hall–Kier alpha value is -2.92. The minimum absolute atomic E-state index is 0.0975. The van der Waals surface area contributed by atoms with Crippen LogP contribution in [0.1, 0.15) is 22.3 Å². The van der Waals surface area contributed by atoms with Crippen LogP contribution in [-0.4, -0.2) is 43.0 Å². The Morgan fingerprint density at radius 3 is 2.52 bits per heavy atom.